The minimum absolute atomic E-state index is 0.573. The van der Waals surface area contributed by atoms with Gasteiger partial charge in [0.2, 0.25) is 5.88 Å². The van der Waals surface area contributed by atoms with Crippen LogP contribution in [0.25, 0.3) is 0 Å². The van der Waals surface area contributed by atoms with Crippen LogP contribution in [-0.2, 0) is 6.54 Å². The summed E-state index contributed by atoms with van der Waals surface area (Å²) in [5.41, 5.74) is 0.927. The van der Waals surface area contributed by atoms with Gasteiger partial charge in [-0.3, -0.25) is 4.98 Å². The van der Waals surface area contributed by atoms with Crippen LogP contribution in [0.3, 0.4) is 0 Å². The van der Waals surface area contributed by atoms with E-state index in [0.29, 0.717) is 18.4 Å². The fourth-order valence-corrected chi connectivity index (χ4v) is 1.49. The molecule has 0 aliphatic carbocycles. The maximum Gasteiger partial charge on any atom is 0.232 e. The Balaban J connectivity index is 2.37. The molecule has 0 spiro atoms. The number of nitrogens with one attached hydrogen (secondary N) is 1. The number of ether oxygens (including phenoxy) is 1. The van der Waals surface area contributed by atoms with Crippen molar-refractivity contribution >= 4 is 0 Å². The lowest BCUT2D eigenvalue weighted by atomic mass is 10.1. The van der Waals surface area contributed by atoms with Crippen molar-refractivity contribution in [2.45, 2.75) is 33.2 Å². The Hall–Kier alpha value is -1.16. The highest BCUT2D eigenvalue weighted by Crippen LogP contribution is 2.09. The van der Waals surface area contributed by atoms with Gasteiger partial charge in [0.05, 0.1) is 24.7 Å². The van der Waals surface area contributed by atoms with Gasteiger partial charge in [-0.25, -0.2) is 4.98 Å². The maximum absolute atomic E-state index is 5.56. The van der Waals surface area contributed by atoms with E-state index < -0.39 is 0 Å². The molecule has 0 amide bonds. The average molecular weight is 223 g/mol. The lowest BCUT2D eigenvalue weighted by Gasteiger charge is -2.11. The molecule has 90 valence electrons. The summed E-state index contributed by atoms with van der Waals surface area (Å²) in [6, 6.07) is 0. The summed E-state index contributed by atoms with van der Waals surface area (Å²) in [7, 11) is 1.89. The van der Waals surface area contributed by atoms with Crippen LogP contribution in [0.15, 0.2) is 12.4 Å². The zero-order valence-electron chi connectivity index (χ0n) is 10.4. The standard InChI is InChI=1S/C12H21N3O/c1-4-5-10(2)9-16-12-8-14-11(6-13-3)7-15-12/h7-8,10,13H,4-6,9H2,1-3H3. The topological polar surface area (TPSA) is 47.0 Å². The average Bonchev–Trinajstić information content (AvgIpc) is 2.29. The molecular weight excluding hydrogens is 202 g/mol. The van der Waals surface area contributed by atoms with Crippen molar-refractivity contribution in [3.63, 3.8) is 0 Å². The third-order valence-electron chi connectivity index (χ3n) is 2.34. The van der Waals surface area contributed by atoms with Crippen molar-refractivity contribution in [1.29, 1.82) is 0 Å². The van der Waals surface area contributed by atoms with Gasteiger partial charge in [0.15, 0.2) is 0 Å². The lowest BCUT2D eigenvalue weighted by Crippen LogP contribution is -2.10. The first-order chi connectivity index (χ1) is 7.76. The molecule has 1 heterocycles. The van der Waals surface area contributed by atoms with Gasteiger partial charge < -0.3 is 10.1 Å². The van der Waals surface area contributed by atoms with Crippen LogP contribution in [0.4, 0.5) is 0 Å². The van der Waals surface area contributed by atoms with E-state index in [0.717, 1.165) is 12.2 Å². The fraction of sp³-hybridized carbons (Fsp3) is 0.667. The summed E-state index contributed by atoms with van der Waals surface area (Å²) in [6.07, 6.45) is 5.81. The van der Waals surface area contributed by atoms with E-state index in [-0.39, 0.29) is 0 Å². The number of hydrogen-bond acceptors (Lipinski definition) is 4. The van der Waals surface area contributed by atoms with Crippen LogP contribution in [0.5, 0.6) is 5.88 Å². The molecule has 0 bridgehead atoms. The Morgan fingerprint density at radius 1 is 1.38 bits per heavy atom. The van der Waals surface area contributed by atoms with Gasteiger partial charge in [0.25, 0.3) is 0 Å². The molecule has 0 fully saturated rings. The third kappa shape index (κ3) is 4.57. The van der Waals surface area contributed by atoms with Gasteiger partial charge in [0, 0.05) is 6.54 Å². The van der Waals surface area contributed by atoms with E-state index in [4.69, 9.17) is 4.74 Å². The lowest BCUT2D eigenvalue weighted by molar-refractivity contribution is 0.242. The Labute approximate surface area is 97.5 Å². The predicted octanol–water partition coefficient (Wildman–Crippen LogP) is 2.01. The second-order valence-corrected chi connectivity index (χ2v) is 4.08. The molecule has 0 radical (unpaired) electrons. The van der Waals surface area contributed by atoms with E-state index in [1.54, 1.807) is 12.4 Å². The van der Waals surface area contributed by atoms with Crippen molar-refractivity contribution in [2.24, 2.45) is 5.92 Å². The van der Waals surface area contributed by atoms with Crippen molar-refractivity contribution in [2.75, 3.05) is 13.7 Å². The van der Waals surface area contributed by atoms with E-state index in [9.17, 15) is 0 Å². The summed E-state index contributed by atoms with van der Waals surface area (Å²) in [5, 5.41) is 3.03. The van der Waals surface area contributed by atoms with Gasteiger partial charge in [0.1, 0.15) is 0 Å². The van der Waals surface area contributed by atoms with Crippen molar-refractivity contribution in [3.8, 4) is 5.88 Å². The minimum atomic E-state index is 0.573. The highest BCUT2D eigenvalue weighted by Gasteiger charge is 2.03. The SMILES string of the molecule is CCCC(C)COc1cnc(CNC)cn1. The highest BCUT2D eigenvalue weighted by atomic mass is 16.5. The Morgan fingerprint density at radius 2 is 2.19 bits per heavy atom. The van der Waals surface area contributed by atoms with Gasteiger partial charge >= 0.3 is 0 Å². The molecule has 1 N–H and O–H groups in total. The van der Waals surface area contributed by atoms with Crippen LogP contribution in [0.2, 0.25) is 0 Å². The molecule has 0 saturated heterocycles. The van der Waals surface area contributed by atoms with Crippen LogP contribution in [0.1, 0.15) is 32.4 Å². The number of hydrogen-bond donors (Lipinski definition) is 1. The molecule has 1 aromatic rings. The van der Waals surface area contributed by atoms with Gasteiger partial charge in [-0.2, -0.15) is 0 Å². The van der Waals surface area contributed by atoms with Gasteiger partial charge in [-0.1, -0.05) is 20.3 Å². The van der Waals surface area contributed by atoms with Crippen molar-refractivity contribution in [1.82, 2.24) is 15.3 Å². The van der Waals surface area contributed by atoms with E-state index >= 15 is 0 Å². The van der Waals surface area contributed by atoms with Crippen molar-refractivity contribution < 1.29 is 4.74 Å². The zero-order chi connectivity index (χ0) is 11.8. The van der Waals surface area contributed by atoms with Crippen LogP contribution < -0.4 is 10.1 Å². The number of aromatic nitrogens is 2. The molecule has 0 aromatic carbocycles. The highest BCUT2D eigenvalue weighted by molar-refractivity contribution is 5.07. The van der Waals surface area contributed by atoms with E-state index in [1.165, 1.54) is 12.8 Å². The molecule has 1 unspecified atom stereocenters. The Kier molecular flexibility index (Phi) is 5.78. The first-order valence-corrected chi connectivity index (χ1v) is 5.84. The largest absolute Gasteiger partial charge is 0.476 e. The molecular formula is C12H21N3O. The number of rotatable bonds is 7. The fourth-order valence-electron chi connectivity index (χ4n) is 1.49. The Morgan fingerprint density at radius 3 is 2.75 bits per heavy atom. The first-order valence-electron chi connectivity index (χ1n) is 5.84. The van der Waals surface area contributed by atoms with Crippen LogP contribution in [-0.4, -0.2) is 23.6 Å². The molecule has 4 nitrogen and oxygen atoms in total. The zero-order valence-corrected chi connectivity index (χ0v) is 10.4. The molecule has 1 aromatic heterocycles. The second kappa shape index (κ2) is 7.17. The van der Waals surface area contributed by atoms with E-state index in [1.807, 2.05) is 7.05 Å². The minimum Gasteiger partial charge on any atom is -0.476 e. The summed E-state index contributed by atoms with van der Waals surface area (Å²) < 4.78 is 5.56. The molecule has 1 rings (SSSR count). The molecule has 0 saturated carbocycles. The summed E-state index contributed by atoms with van der Waals surface area (Å²) in [6.45, 7) is 5.82. The third-order valence-corrected chi connectivity index (χ3v) is 2.34. The maximum atomic E-state index is 5.56. The van der Waals surface area contributed by atoms with Gasteiger partial charge in [-0.15, -0.1) is 0 Å². The number of nitrogens with zero attached hydrogens (tertiary/aromatic N) is 2. The second-order valence-electron chi connectivity index (χ2n) is 4.08. The first kappa shape index (κ1) is 12.9. The summed E-state index contributed by atoms with van der Waals surface area (Å²) >= 11 is 0. The van der Waals surface area contributed by atoms with Gasteiger partial charge in [-0.05, 0) is 19.4 Å². The van der Waals surface area contributed by atoms with Crippen LogP contribution >= 0.6 is 0 Å². The summed E-state index contributed by atoms with van der Waals surface area (Å²) in [5.74, 6) is 1.19. The van der Waals surface area contributed by atoms with Crippen molar-refractivity contribution in [3.05, 3.63) is 18.1 Å². The monoisotopic (exact) mass is 223 g/mol. The predicted molar refractivity (Wildman–Crippen MR) is 64.4 cm³/mol. The molecule has 0 aliphatic rings. The molecule has 1 atom stereocenters. The Bertz CT molecular complexity index is 287. The molecule has 4 heteroatoms. The molecule has 0 aliphatic heterocycles. The van der Waals surface area contributed by atoms with E-state index in [2.05, 4.69) is 29.1 Å². The molecule has 16 heavy (non-hydrogen) atoms. The normalized spacial score (nSPS) is 12.4. The van der Waals surface area contributed by atoms with Crippen LogP contribution in [0, 0.1) is 5.92 Å². The quantitative estimate of drug-likeness (QED) is 0.768. The summed E-state index contributed by atoms with van der Waals surface area (Å²) in [4.78, 5) is 8.45. The smallest absolute Gasteiger partial charge is 0.232 e.